The largest absolute Gasteiger partial charge is 0.364 e. The number of carbonyl (C=O) groups excluding carboxylic acids is 2. The average Bonchev–Trinajstić information content (AvgIpc) is 3.12. The number of piperidine rings is 1. The average molecular weight is 315 g/mol. The minimum atomic E-state index is -0.264. The molecule has 3 rings (SSSR count). The first-order chi connectivity index (χ1) is 11.1. The second-order valence-electron chi connectivity index (χ2n) is 6.54. The molecular weight excluding hydrogens is 290 g/mol. The van der Waals surface area contributed by atoms with Crippen LogP contribution in [0.5, 0.6) is 0 Å². The molecule has 2 fully saturated rings. The molecule has 0 aliphatic carbocycles. The molecule has 0 bridgehead atoms. The summed E-state index contributed by atoms with van der Waals surface area (Å²) >= 11 is 0. The van der Waals surface area contributed by atoms with Gasteiger partial charge in [0.05, 0.1) is 0 Å². The van der Waals surface area contributed by atoms with Crippen LogP contribution in [0.1, 0.15) is 48.9 Å². The van der Waals surface area contributed by atoms with Crippen LogP contribution in [0.2, 0.25) is 0 Å². The fourth-order valence-corrected chi connectivity index (χ4v) is 3.94. The second kappa shape index (κ2) is 6.60. The van der Waals surface area contributed by atoms with Crippen molar-refractivity contribution in [3.63, 3.8) is 0 Å². The van der Waals surface area contributed by atoms with Crippen LogP contribution in [0.3, 0.4) is 0 Å². The van der Waals surface area contributed by atoms with Crippen LogP contribution in [0.25, 0.3) is 6.08 Å². The number of fused-ring (bicyclic) bond motifs is 1. The summed E-state index contributed by atoms with van der Waals surface area (Å²) in [6.07, 6.45) is 8.93. The number of nitrogens with zero attached hydrogens (tertiary/aromatic N) is 1. The predicted octanol–water partition coefficient (Wildman–Crippen LogP) is 2.17. The third-order valence-electron chi connectivity index (χ3n) is 5.13. The SMILES string of the molecule is C=Cc1c(CCNC(=O)[C@@H]2CC[C@@H]3CCCC(=O)N32)c[nH]c1C. The van der Waals surface area contributed by atoms with Crippen molar-refractivity contribution in [1.82, 2.24) is 15.2 Å². The van der Waals surface area contributed by atoms with Crippen LogP contribution in [-0.2, 0) is 16.0 Å². The van der Waals surface area contributed by atoms with Gasteiger partial charge < -0.3 is 15.2 Å². The lowest BCUT2D eigenvalue weighted by molar-refractivity contribution is -0.142. The van der Waals surface area contributed by atoms with Crippen LogP contribution in [0, 0.1) is 6.92 Å². The Kier molecular flexibility index (Phi) is 4.55. The van der Waals surface area contributed by atoms with Crippen molar-refractivity contribution < 1.29 is 9.59 Å². The van der Waals surface area contributed by atoms with Crippen molar-refractivity contribution in [2.24, 2.45) is 0 Å². The summed E-state index contributed by atoms with van der Waals surface area (Å²) in [7, 11) is 0. The molecule has 5 nitrogen and oxygen atoms in total. The molecule has 23 heavy (non-hydrogen) atoms. The molecule has 3 heterocycles. The van der Waals surface area contributed by atoms with Gasteiger partial charge in [-0.15, -0.1) is 0 Å². The quantitative estimate of drug-likeness (QED) is 0.874. The maximum atomic E-state index is 12.5. The number of amides is 2. The lowest BCUT2D eigenvalue weighted by Gasteiger charge is -2.33. The summed E-state index contributed by atoms with van der Waals surface area (Å²) in [6, 6.07) is 0.0197. The summed E-state index contributed by atoms with van der Waals surface area (Å²) < 4.78 is 0. The molecule has 2 atom stereocenters. The first-order valence-electron chi connectivity index (χ1n) is 8.50. The van der Waals surface area contributed by atoms with Crippen LogP contribution < -0.4 is 5.32 Å². The number of nitrogens with one attached hydrogen (secondary N) is 2. The Bertz CT molecular complexity index is 620. The van der Waals surface area contributed by atoms with E-state index in [0.29, 0.717) is 13.0 Å². The highest BCUT2D eigenvalue weighted by atomic mass is 16.2. The molecule has 124 valence electrons. The Hall–Kier alpha value is -2.04. The monoisotopic (exact) mass is 315 g/mol. The molecule has 1 aromatic rings. The summed E-state index contributed by atoms with van der Waals surface area (Å²) in [5.74, 6) is 0.143. The van der Waals surface area contributed by atoms with Gasteiger partial charge in [0, 0.05) is 30.9 Å². The van der Waals surface area contributed by atoms with Crippen LogP contribution >= 0.6 is 0 Å². The standard InChI is InChI=1S/C18H25N3O2/c1-3-15-12(2)20-11-13(15)9-10-19-18(23)16-8-7-14-5-4-6-17(22)21(14)16/h3,11,14,16,20H,1,4-10H2,2H3,(H,19,23)/t14-,16-/m0/s1. The third kappa shape index (κ3) is 3.05. The second-order valence-corrected chi connectivity index (χ2v) is 6.54. The number of aromatic amines is 1. The van der Waals surface area contributed by atoms with E-state index in [9.17, 15) is 9.59 Å². The Morgan fingerprint density at radius 1 is 1.48 bits per heavy atom. The van der Waals surface area contributed by atoms with Crippen molar-refractivity contribution in [1.29, 1.82) is 0 Å². The zero-order valence-electron chi connectivity index (χ0n) is 13.7. The molecule has 0 radical (unpaired) electrons. The molecule has 0 aromatic carbocycles. The van der Waals surface area contributed by atoms with Crippen LogP contribution in [0.15, 0.2) is 12.8 Å². The highest BCUT2D eigenvalue weighted by Crippen LogP contribution is 2.32. The lowest BCUT2D eigenvalue weighted by Crippen LogP contribution is -2.50. The van der Waals surface area contributed by atoms with Gasteiger partial charge in [-0.3, -0.25) is 9.59 Å². The van der Waals surface area contributed by atoms with Gasteiger partial charge in [0.1, 0.15) is 6.04 Å². The molecule has 2 amide bonds. The highest BCUT2D eigenvalue weighted by molar-refractivity contribution is 5.88. The van der Waals surface area contributed by atoms with Gasteiger partial charge in [-0.2, -0.15) is 0 Å². The summed E-state index contributed by atoms with van der Waals surface area (Å²) in [5.41, 5.74) is 3.38. The van der Waals surface area contributed by atoms with Crippen molar-refractivity contribution in [3.05, 3.63) is 29.6 Å². The summed E-state index contributed by atoms with van der Waals surface area (Å²) in [5, 5.41) is 3.01. The molecule has 2 saturated heterocycles. The van der Waals surface area contributed by atoms with E-state index in [1.807, 2.05) is 24.1 Å². The van der Waals surface area contributed by atoms with E-state index in [0.717, 1.165) is 48.9 Å². The lowest BCUT2D eigenvalue weighted by atomic mass is 10.0. The van der Waals surface area contributed by atoms with Crippen molar-refractivity contribution in [2.45, 2.75) is 57.5 Å². The van der Waals surface area contributed by atoms with Gasteiger partial charge in [-0.1, -0.05) is 12.7 Å². The first-order valence-corrected chi connectivity index (χ1v) is 8.50. The number of H-pyrrole nitrogens is 1. The number of carbonyl (C=O) groups is 2. The van der Waals surface area contributed by atoms with Crippen LogP contribution in [0.4, 0.5) is 0 Å². The number of aromatic nitrogens is 1. The molecule has 5 heteroatoms. The van der Waals surface area contributed by atoms with Crippen LogP contribution in [-0.4, -0.2) is 40.3 Å². The Morgan fingerprint density at radius 2 is 2.30 bits per heavy atom. The number of aryl methyl sites for hydroxylation is 1. The third-order valence-corrected chi connectivity index (χ3v) is 5.13. The number of rotatable bonds is 5. The van der Waals surface area contributed by atoms with E-state index in [4.69, 9.17) is 0 Å². The van der Waals surface area contributed by atoms with Gasteiger partial charge in [0.15, 0.2) is 0 Å². The van der Waals surface area contributed by atoms with E-state index >= 15 is 0 Å². The number of hydrogen-bond donors (Lipinski definition) is 2. The highest BCUT2D eigenvalue weighted by Gasteiger charge is 2.42. The predicted molar refractivity (Wildman–Crippen MR) is 89.8 cm³/mol. The molecule has 1 aromatic heterocycles. The maximum Gasteiger partial charge on any atom is 0.242 e. The van der Waals surface area contributed by atoms with E-state index in [2.05, 4.69) is 16.9 Å². The molecule has 2 aliphatic rings. The molecule has 2 N–H and O–H groups in total. The fourth-order valence-electron chi connectivity index (χ4n) is 3.94. The van der Waals surface area contributed by atoms with Gasteiger partial charge in [0.25, 0.3) is 0 Å². The number of hydrogen-bond acceptors (Lipinski definition) is 2. The molecule has 0 saturated carbocycles. The molecule has 0 spiro atoms. The zero-order valence-corrected chi connectivity index (χ0v) is 13.7. The van der Waals surface area contributed by atoms with Crippen molar-refractivity contribution >= 4 is 17.9 Å². The minimum absolute atomic E-state index is 0.00448. The van der Waals surface area contributed by atoms with E-state index < -0.39 is 0 Å². The van der Waals surface area contributed by atoms with E-state index in [1.165, 1.54) is 0 Å². The summed E-state index contributed by atoms with van der Waals surface area (Å²) in [4.78, 5) is 29.6. The Balaban J connectivity index is 1.55. The van der Waals surface area contributed by atoms with Crippen molar-refractivity contribution in [2.75, 3.05) is 6.54 Å². The molecular formula is C18H25N3O2. The van der Waals surface area contributed by atoms with Crippen molar-refractivity contribution in [3.8, 4) is 0 Å². The van der Waals surface area contributed by atoms with Gasteiger partial charge >= 0.3 is 0 Å². The molecule has 2 aliphatic heterocycles. The Labute approximate surface area is 137 Å². The van der Waals surface area contributed by atoms with Gasteiger partial charge in [-0.25, -0.2) is 0 Å². The molecule has 0 unspecified atom stereocenters. The topological polar surface area (TPSA) is 65.2 Å². The van der Waals surface area contributed by atoms with Gasteiger partial charge in [-0.05, 0) is 50.2 Å². The summed E-state index contributed by atoms with van der Waals surface area (Å²) in [6.45, 7) is 6.43. The Morgan fingerprint density at radius 3 is 3.09 bits per heavy atom. The maximum absolute atomic E-state index is 12.5. The zero-order chi connectivity index (χ0) is 16.4. The first kappa shape index (κ1) is 15.8. The smallest absolute Gasteiger partial charge is 0.242 e. The van der Waals surface area contributed by atoms with E-state index in [-0.39, 0.29) is 23.9 Å². The fraction of sp³-hybridized carbons (Fsp3) is 0.556. The van der Waals surface area contributed by atoms with Gasteiger partial charge in [0.2, 0.25) is 11.8 Å². The normalized spacial score (nSPS) is 23.7. The van der Waals surface area contributed by atoms with E-state index in [1.54, 1.807) is 0 Å². The minimum Gasteiger partial charge on any atom is -0.364 e.